The zero-order chi connectivity index (χ0) is 12.2. The molecule has 0 atom stereocenters. The summed E-state index contributed by atoms with van der Waals surface area (Å²) in [6.07, 6.45) is 1.59. The van der Waals surface area contributed by atoms with Crippen LogP contribution in [0.25, 0.3) is 0 Å². The number of rotatable bonds is 6. The van der Waals surface area contributed by atoms with Crippen LogP contribution in [0.4, 0.5) is 0 Å². The highest BCUT2D eigenvalue weighted by Gasteiger charge is 2.21. The smallest absolute Gasteiger partial charge is 0.0766 e. The molecule has 16 heavy (non-hydrogen) atoms. The molecule has 0 unspecified atom stereocenters. The van der Waals surface area contributed by atoms with Gasteiger partial charge in [-0.2, -0.15) is 0 Å². The normalized spacial score (nSPS) is 12.1. The summed E-state index contributed by atoms with van der Waals surface area (Å²) in [5.74, 6) is 0. The first-order valence-electron chi connectivity index (χ1n) is 5.68. The third-order valence-electron chi connectivity index (χ3n) is 2.98. The number of aryl methyl sites for hydroxylation is 1. The van der Waals surface area contributed by atoms with Crippen LogP contribution < -0.4 is 5.32 Å². The highest BCUT2D eigenvalue weighted by atomic mass is 79.9. The lowest BCUT2D eigenvalue weighted by Gasteiger charge is -2.25. The van der Waals surface area contributed by atoms with E-state index in [1.54, 1.807) is 11.3 Å². The number of thiophene rings is 1. The summed E-state index contributed by atoms with van der Waals surface area (Å²) >= 11 is 5.27. The summed E-state index contributed by atoms with van der Waals surface area (Å²) in [5, 5.41) is 13.4. The van der Waals surface area contributed by atoms with Gasteiger partial charge in [0.1, 0.15) is 0 Å². The monoisotopic (exact) mass is 305 g/mol. The molecule has 0 spiro atoms. The second-order valence-corrected chi connectivity index (χ2v) is 6.66. The molecule has 0 saturated carbocycles. The quantitative estimate of drug-likeness (QED) is 0.843. The van der Waals surface area contributed by atoms with Crippen molar-refractivity contribution in [2.75, 3.05) is 6.54 Å². The zero-order valence-electron chi connectivity index (χ0n) is 10.1. The standard InChI is InChI=1S/C12H20BrNOS/c1-4-12(15,5-2)8-14-7-10-6-9(3)11(13)16-10/h6,14-15H,4-5,7-8H2,1-3H3. The minimum atomic E-state index is -0.552. The summed E-state index contributed by atoms with van der Waals surface area (Å²) in [6, 6.07) is 2.18. The van der Waals surface area contributed by atoms with Gasteiger partial charge in [-0.3, -0.25) is 0 Å². The summed E-state index contributed by atoms with van der Waals surface area (Å²) in [4.78, 5) is 1.30. The Morgan fingerprint density at radius 3 is 2.50 bits per heavy atom. The van der Waals surface area contributed by atoms with Gasteiger partial charge in [0.05, 0.1) is 9.39 Å². The minimum Gasteiger partial charge on any atom is -0.389 e. The van der Waals surface area contributed by atoms with E-state index in [9.17, 15) is 5.11 Å². The topological polar surface area (TPSA) is 32.3 Å². The molecule has 0 amide bonds. The molecule has 1 aromatic heterocycles. The predicted octanol–water partition coefficient (Wildman–Crippen LogP) is 3.46. The number of halogens is 1. The summed E-state index contributed by atoms with van der Waals surface area (Å²) in [7, 11) is 0. The van der Waals surface area contributed by atoms with Crippen molar-refractivity contribution >= 4 is 27.3 Å². The van der Waals surface area contributed by atoms with Crippen LogP contribution in [-0.4, -0.2) is 17.3 Å². The van der Waals surface area contributed by atoms with Crippen molar-refractivity contribution in [2.24, 2.45) is 0 Å². The van der Waals surface area contributed by atoms with E-state index < -0.39 is 5.60 Å². The third kappa shape index (κ3) is 3.84. The van der Waals surface area contributed by atoms with Crippen molar-refractivity contribution in [1.29, 1.82) is 0 Å². The van der Waals surface area contributed by atoms with Crippen molar-refractivity contribution in [3.8, 4) is 0 Å². The van der Waals surface area contributed by atoms with Crippen molar-refractivity contribution in [2.45, 2.75) is 45.8 Å². The SMILES string of the molecule is CCC(O)(CC)CNCc1cc(C)c(Br)s1. The lowest BCUT2D eigenvalue weighted by molar-refractivity contribution is 0.0323. The fraction of sp³-hybridized carbons (Fsp3) is 0.667. The molecule has 1 heterocycles. The van der Waals surface area contributed by atoms with Crippen LogP contribution in [0.3, 0.4) is 0 Å². The van der Waals surface area contributed by atoms with E-state index >= 15 is 0 Å². The highest BCUT2D eigenvalue weighted by Crippen LogP contribution is 2.27. The molecule has 1 rings (SSSR count). The number of hydrogen-bond donors (Lipinski definition) is 2. The van der Waals surface area contributed by atoms with Crippen LogP contribution >= 0.6 is 27.3 Å². The average Bonchev–Trinajstić information content (AvgIpc) is 2.58. The molecule has 0 bridgehead atoms. The Morgan fingerprint density at radius 1 is 1.44 bits per heavy atom. The lowest BCUT2D eigenvalue weighted by atomic mass is 9.98. The predicted molar refractivity (Wildman–Crippen MR) is 74.0 cm³/mol. The number of hydrogen-bond acceptors (Lipinski definition) is 3. The Bertz CT molecular complexity index is 314. The molecule has 0 fully saturated rings. The molecular formula is C12H20BrNOS. The van der Waals surface area contributed by atoms with E-state index in [2.05, 4.69) is 34.2 Å². The van der Waals surface area contributed by atoms with Crippen LogP contribution in [0, 0.1) is 6.92 Å². The molecule has 0 radical (unpaired) electrons. The van der Waals surface area contributed by atoms with Gasteiger partial charge in [0.25, 0.3) is 0 Å². The van der Waals surface area contributed by atoms with Crippen LogP contribution in [-0.2, 0) is 6.54 Å². The Labute approximate surface area is 110 Å². The fourth-order valence-corrected chi connectivity index (χ4v) is 3.13. The summed E-state index contributed by atoms with van der Waals surface area (Å²) in [6.45, 7) is 7.64. The molecule has 2 nitrogen and oxygen atoms in total. The average molecular weight is 306 g/mol. The maximum absolute atomic E-state index is 10.1. The largest absolute Gasteiger partial charge is 0.389 e. The molecule has 0 aromatic carbocycles. The van der Waals surface area contributed by atoms with Crippen LogP contribution in [0.5, 0.6) is 0 Å². The molecule has 0 saturated heterocycles. The van der Waals surface area contributed by atoms with Gasteiger partial charge in [-0.15, -0.1) is 11.3 Å². The molecule has 2 N–H and O–H groups in total. The Hall–Kier alpha value is 0.1000. The van der Waals surface area contributed by atoms with E-state index in [-0.39, 0.29) is 0 Å². The Kier molecular flexibility index (Phi) is 5.44. The van der Waals surface area contributed by atoms with Crippen molar-refractivity contribution < 1.29 is 5.11 Å². The van der Waals surface area contributed by atoms with Crippen molar-refractivity contribution in [3.63, 3.8) is 0 Å². The van der Waals surface area contributed by atoms with Gasteiger partial charge in [-0.25, -0.2) is 0 Å². The minimum absolute atomic E-state index is 0.552. The second-order valence-electron chi connectivity index (χ2n) is 4.20. The van der Waals surface area contributed by atoms with Gasteiger partial charge in [-0.1, -0.05) is 13.8 Å². The van der Waals surface area contributed by atoms with Gasteiger partial charge < -0.3 is 10.4 Å². The van der Waals surface area contributed by atoms with E-state index in [1.165, 1.54) is 14.2 Å². The van der Waals surface area contributed by atoms with Gasteiger partial charge >= 0.3 is 0 Å². The summed E-state index contributed by atoms with van der Waals surface area (Å²) in [5.41, 5.74) is 0.729. The number of nitrogens with one attached hydrogen (secondary N) is 1. The van der Waals surface area contributed by atoms with Crippen molar-refractivity contribution in [1.82, 2.24) is 5.32 Å². The third-order valence-corrected chi connectivity index (χ3v) is 5.11. The molecule has 1 aromatic rings. The van der Waals surface area contributed by atoms with Gasteiger partial charge in [0.15, 0.2) is 0 Å². The zero-order valence-corrected chi connectivity index (χ0v) is 12.5. The second kappa shape index (κ2) is 6.15. The first-order valence-corrected chi connectivity index (χ1v) is 7.29. The summed E-state index contributed by atoms with van der Waals surface area (Å²) < 4.78 is 1.20. The van der Waals surface area contributed by atoms with E-state index in [0.29, 0.717) is 6.54 Å². The van der Waals surface area contributed by atoms with Crippen LogP contribution in [0.2, 0.25) is 0 Å². The first-order chi connectivity index (χ1) is 7.50. The van der Waals surface area contributed by atoms with Crippen LogP contribution in [0.15, 0.2) is 9.85 Å². The van der Waals surface area contributed by atoms with Gasteiger partial charge in [0.2, 0.25) is 0 Å². The highest BCUT2D eigenvalue weighted by molar-refractivity contribution is 9.11. The van der Waals surface area contributed by atoms with E-state index in [4.69, 9.17) is 0 Å². The van der Waals surface area contributed by atoms with Crippen molar-refractivity contribution in [3.05, 3.63) is 20.3 Å². The maximum atomic E-state index is 10.1. The van der Waals surface area contributed by atoms with E-state index in [0.717, 1.165) is 19.4 Å². The molecular weight excluding hydrogens is 286 g/mol. The van der Waals surface area contributed by atoms with Gasteiger partial charge in [-0.05, 0) is 47.3 Å². The fourth-order valence-electron chi connectivity index (χ4n) is 1.53. The molecule has 4 heteroatoms. The van der Waals surface area contributed by atoms with E-state index in [1.807, 2.05) is 13.8 Å². The van der Waals surface area contributed by atoms with Gasteiger partial charge in [0, 0.05) is 18.0 Å². The maximum Gasteiger partial charge on any atom is 0.0766 e. The van der Waals surface area contributed by atoms with Crippen LogP contribution in [0.1, 0.15) is 37.1 Å². The Balaban J connectivity index is 2.41. The molecule has 0 aliphatic rings. The lowest BCUT2D eigenvalue weighted by Crippen LogP contribution is -2.39. The molecule has 0 aliphatic heterocycles. The molecule has 92 valence electrons. The molecule has 0 aliphatic carbocycles. The number of aliphatic hydroxyl groups is 1. The first kappa shape index (κ1) is 14.2. The Morgan fingerprint density at radius 2 is 2.06 bits per heavy atom.